The standard InChI is InChI=1S/C17H18BrNO/c1-12-8-9-16(15(18)10-12)19-17(20)11-13(2)14-6-4-3-5-7-14/h3-10,13H,11H2,1-2H3,(H,19,20)/t13-/m0/s1. The van der Waals surface area contributed by atoms with Gasteiger partial charge in [0.25, 0.3) is 0 Å². The van der Waals surface area contributed by atoms with Gasteiger partial charge in [-0.05, 0) is 52.0 Å². The van der Waals surface area contributed by atoms with Crippen molar-refractivity contribution in [3.8, 4) is 0 Å². The molecule has 0 bridgehead atoms. The Bertz CT molecular complexity index is 595. The third-order valence-corrected chi connectivity index (χ3v) is 3.91. The van der Waals surface area contributed by atoms with Crippen LogP contribution in [0.25, 0.3) is 0 Å². The highest BCUT2D eigenvalue weighted by Gasteiger charge is 2.12. The maximum Gasteiger partial charge on any atom is 0.225 e. The van der Waals surface area contributed by atoms with Crippen LogP contribution in [0.5, 0.6) is 0 Å². The molecule has 0 spiro atoms. The fourth-order valence-electron chi connectivity index (χ4n) is 2.10. The van der Waals surface area contributed by atoms with Crippen LogP contribution in [0, 0.1) is 6.92 Å². The van der Waals surface area contributed by atoms with Gasteiger partial charge in [0.05, 0.1) is 5.69 Å². The zero-order valence-electron chi connectivity index (χ0n) is 11.7. The summed E-state index contributed by atoms with van der Waals surface area (Å²) in [5.41, 5.74) is 3.17. The maximum atomic E-state index is 12.1. The SMILES string of the molecule is Cc1ccc(NC(=O)C[C@H](C)c2ccccc2)c(Br)c1. The lowest BCUT2D eigenvalue weighted by atomic mass is 9.97. The van der Waals surface area contributed by atoms with Crippen LogP contribution in [-0.4, -0.2) is 5.91 Å². The molecule has 3 heteroatoms. The van der Waals surface area contributed by atoms with E-state index in [2.05, 4.69) is 40.3 Å². The number of hydrogen-bond donors (Lipinski definition) is 1. The van der Waals surface area contributed by atoms with Crippen LogP contribution in [0.4, 0.5) is 5.69 Å². The molecule has 1 amide bonds. The highest BCUT2D eigenvalue weighted by atomic mass is 79.9. The number of aryl methyl sites for hydroxylation is 1. The number of hydrogen-bond acceptors (Lipinski definition) is 1. The molecule has 0 saturated carbocycles. The van der Waals surface area contributed by atoms with Crippen LogP contribution in [-0.2, 0) is 4.79 Å². The van der Waals surface area contributed by atoms with E-state index in [0.717, 1.165) is 15.7 Å². The first-order valence-corrected chi connectivity index (χ1v) is 7.46. The van der Waals surface area contributed by atoms with E-state index in [9.17, 15) is 4.79 Å². The Morgan fingerprint density at radius 3 is 2.55 bits per heavy atom. The summed E-state index contributed by atoms with van der Waals surface area (Å²) in [6.07, 6.45) is 0.477. The van der Waals surface area contributed by atoms with E-state index in [1.165, 1.54) is 5.56 Å². The molecule has 0 aliphatic carbocycles. The van der Waals surface area contributed by atoms with Crippen molar-refractivity contribution < 1.29 is 4.79 Å². The molecule has 0 aliphatic rings. The van der Waals surface area contributed by atoms with Crippen LogP contribution in [0.15, 0.2) is 53.0 Å². The van der Waals surface area contributed by atoms with E-state index < -0.39 is 0 Å². The first-order chi connectivity index (χ1) is 9.56. The molecular formula is C17H18BrNO. The van der Waals surface area contributed by atoms with Crippen LogP contribution in [0.2, 0.25) is 0 Å². The summed E-state index contributed by atoms with van der Waals surface area (Å²) in [5.74, 6) is 0.242. The molecule has 1 atom stereocenters. The van der Waals surface area contributed by atoms with Crippen molar-refractivity contribution in [3.63, 3.8) is 0 Å². The van der Waals surface area contributed by atoms with Gasteiger partial charge in [-0.15, -0.1) is 0 Å². The van der Waals surface area contributed by atoms with Crippen molar-refractivity contribution >= 4 is 27.5 Å². The van der Waals surface area contributed by atoms with Crippen LogP contribution >= 0.6 is 15.9 Å². The topological polar surface area (TPSA) is 29.1 Å². The number of halogens is 1. The zero-order chi connectivity index (χ0) is 14.5. The maximum absolute atomic E-state index is 12.1. The summed E-state index contributed by atoms with van der Waals surface area (Å²) in [6, 6.07) is 16.0. The second-order valence-electron chi connectivity index (χ2n) is 5.05. The van der Waals surface area contributed by atoms with Gasteiger partial charge < -0.3 is 5.32 Å². The number of nitrogens with one attached hydrogen (secondary N) is 1. The van der Waals surface area contributed by atoms with Gasteiger partial charge in [-0.3, -0.25) is 4.79 Å². The van der Waals surface area contributed by atoms with Crippen molar-refractivity contribution in [2.45, 2.75) is 26.2 Å². The number of anilines is 1. The minimum atomic E-state index is 0.0332. The second-order valence-corrected chi connectivity index (χ2v) is 5.90. The molecule has 20 heavy (non-hydrogen) atoms. The molecule has 0 aromatic heterocycles. The van der Waals surface area contributed by atoms with E-state index in [-0.39, 0.29) is 11.8 Å². The lowest BCUT2D eigenvalue weighted by molar-refractivity contribution is -0.116. The minimum absolute atomic E-state index is 0.0332. The van der Waals surface area contributed by atoms with E-state index in [1.54, 1.807) is 0 Å². The summed E-state index contributed by atoms with van der Waals surface area (Å²) in [4.78, 5) is 12.1. The van der Waals surface area contributed by atoms with Crippen LogP contribution in [0.1, 0.15) is 30.4 Å². The van der Waals surface area contributed by atoms with Gasteiger partial charge in [-0.25, -0.2) is 0 Å². The van der Waals surface area contributed by atoms with Gasteiger partial charge in [0.1, 0.15) is 0 Å². The average molecular weight is 332 g/mol. The highest BCUT2D eigenvalue weighted by molar-refractivity contribution is 9.10. The predicted molar refractivity (Wildman–Crippen MR) is 87.0 cm³/mol. The quantitative estimate of drug-likeness (QED) is 0.849. The minimum Gasteiger partial charge on any atom is -0.325 e. The first kappa shape index (κ1) is 14.8. The molecule has 0 fully saturated rings. The predicted octanol–water partition coefficient (Wildman–Crippen LogP) is 4.89. The summed E-state index contributed by atoms with van der Waals surface area (Å²) in [5, 5.41) is 2.95. The van der Waals surface area contributed by atoms with Gasteiger partial charge in [0, 0.05) is 10.9 Å². The smallest absolute Gasteiger partial charge is 0.225 e. The van der Waals surface area contributed by atoms with Gasteiger partial charge >= 0.3 is 0 Å². The number of carbonyl (C=O) groups excluding carboxylic acids is 1. The molecule has 2 nitrogen and oxygen atoms in total. The normalized spacial score (nSPS) is 11.9. The lowest BCUT2D eigenvalue weighted by Crippen LogP contribution is -2.14. The largest absolute Gasteiger partial charge is 0.325 e. The summed E-state index contributed by atoms with van der Waals surface area (Å²) >= 11 is 3.47. The number of benzene rings is 2. The van der Waals surface area contributed by atoms with E-state index >= 15 is 0 Å². The molecule has 2 aromatic rings. The number of amides is 1. The average Bonchev–Trinajstić information content (AvgIpc) is 2.43. The Balaban J connectivity index is 1.99. The molecule has 0 unspecified atom stereocenters. The molecule has 0 saturated heterocycles. The van der Waals surface area contributed by atoms with Gasteiger partial charge in [0.2, 0.25) is 5.91 Å². The van der Waals surface area contributed by atoms with Gasteiger partial charge in [-0.2, -0.15) is 0 Å². The van der Waals surface area contributed by atoms with Crippen molar-refractivity contribution in [2.75, 3.05) is 5.32 Å². The Morgan fingerprint density at radius 1 is 1.20 bits per heavy atom. The van der Waals surface area contributed by atoms with Gasteiger partial charge in [0.15, 0.2) is 0 Å². The van der Waals surface area contributed by atoms with E-state index in [0.29, 0.717) is 6.42 Å². The number of rotatable bonds is 4. The monoisotopic (exact) mass is 331 g/mol. The van der Waals surface area contributed by atoms with Gasteiger partial charge in [-0.1, -0.05) is 43.3 Å². The van der Waals surface area contributed by atoms with E-state index in [1.807, 2.05) is 43.3 Å². The summed E-state index contributed by atoms with van der Waals surface area (Å²) in [6.45, 7) is 4.09. The molecule has 0 radical (unpaired) electrons. The Morgan fingerprint density at radius 2 is 1.90 bits per heavy atom. The first-order valence-electron chi connectivity index (χ1n) is 6.67. The van der Waals surface area contributed by atoms with Crippen LogP contribution < -0.4 is 5.32 Å². The van der Waals surface area contributed by atoms with Crippen LogP contribution in [0.3, 0.4) is 0 Å². The summed E-state index contributed by atoms with van der Waals surface area (Å²) in [7, 11) is 0. The molecule has 2 rings (SSSR count). The van der Waals surface area contributed by atoms with Crippen molar-refractivity contribution in [1.82, 2.24) is 0 Å². The second kappa shape index (κ2) is 6.71. The Hall–Kier alpha value is -1.61. The molecule has 0 heterocycles. The van der Waals surface area contributed by atoms with Crippen molar-refractivity contribution in [2.24, 2.45) is 0 Å². The number of carbonyl (C=O) groups is 1. The highest BCUT2D eigenvalue weighted by Crippen LogP contribution is 2.25. The van der Waals surface area contributed by atoms with E-state index in [4.69, 9.17) is 0 Å². The lowest BCUT2D eigenvalue weighted by Gasteiger charge is -2.13. The zero-order valence-corrected chi connectivity index (χ0v) is 13.3. The van der Waals surface area contributed by atoms with Crippen molar-refractivity contribution in [1.29, 1.82) is 0 Å². The molecule has 2 aromatic carbocycles. The molecular weight excluding hydrogens is 314 g/mol. The molecule has 104 valence electrons. The Labute approximate surface area is 128 Å². The summed E-state index contributed by atoms with van der Waals surface area (Å²) < 4.78 is 0.915. The molecule has 0 aliphatic heterocycles. The molecule has 1 N–H and O–H groups in total. The van der Waals surface area contributed by atoms with Crippen molar-refractivity contribution in [3.05, 3.63) is 64.1 Å². The fourth-order valence-corrected chi connectivity index (χ4v) is 2.69. The fraction of sp³-hybridized carbons (Fsp3) is 0.235. The third-order valence-electron chi connectivity index (χ3n) is 3.26. The third kappa shape index (κ3) is 3.94. The Kier molecular flexibility index (Phi) is 4.96.